The van der Waals surface area contributed by atoms with Crippen molar-refractivity contribution in [3.05, 3.63) is 59.0 Å². The van der Waals surface area contributed by atoms with E-state index < -0.39 is 16.1 Å². The van der Waals surface area contributed by atoms with E-state index in [-0.39, 0.29) is 0 Å². The zero-order valence-electron chi connectivity index (χ0n) is 25.9. The molecule has 10 rings (SSSR count). The summed E-state index contributed by atoms with van der Waals surface area (Å²) in [6, 6.07) is 18.9. The molecule has 0 amide bonds. The summed E-state index contributed by atoms with van der Waals surface area (Å²) in [4.78, 5) is 11.2. The molecule has 0 bridgehead atoms. The van der Waals surface area contributed by atoms with Gasteiger partial charge in [-0.1, -0.05) is 50.5 Å². The Morgan fingerprint density at radius 2 is 0.826 bits per heavy atom. The molecule has 2 aliphatic rings. The maximum absolute atomic E-state index is 4.91. The molecule has 0 saturated carbocycles. The van der Waals surface area contributed by atoms with Gasteiger partial charge < -0.3 is 0 Å². The van der Waals surface area contributed by atoms with Crippen LogP contribution < -0.4 is 20.7 Å². The van der Waals surface area contributed by atoms with Crippen molar-refractivity contribution in [2.24, 2.45) is 0 Å². The first kappa shape index (κ1) is 28.3. The third kappa shape index (κ3) is 3.67. The monoisotopic (exact) mass is 738 g/mol. The van der Waals surface area contributed by atoms with Crippen LogP contribution in [0.15, 0.2) is 48.5 Å². The molecule has 4 nitrogen and oxygen atoms in total. The smallest absolute Gasteiger partial charge is 0.116 e. The Balaban J connectivity index is 1.07. The van der Waals surface area contributed by atoms with E-state index in [0.29, 0.717) is 0 Å². The second-order valence-corrected chi connectivity index (χ2v) is 27.5. The topological polar surface area (TPSA) is 51.6 Å². The minimum atomic E-state index is -1.86. The van der Waals surface area contributed by atoms with E-state index in [1.54, 1.807) is 20.7 Å². The molecular formula is C34H26N4S6Si2. The fourth-order valence-electron chi connectivity index (χ4n) is 7.36. The summed E-state index contributed by atoms with van der Waals surface area (Å²) >= 11 is 10.4. The highest BCUT2D eigenvalue weighted by Gasteiger charge is 2.43. The van der Waals surface area contributed by atoms with Crippen molar-refractivity contribution in [3.63, 3.8) is 0 Å². The van der Waals surface area contributed by atoms with E-state index in [9.17, 15) is 0 Å². The molecule has 8 aromatic rings. The fourth-order valence-corrected chi connectivity index (χ4v) is 23.0. The average Bonchev–Trinajstić information content (AvgIpc) is 3.85. The number of thiophene rings is 4. The lowest BCUT2D eigenvalue weighted by Gasteiger charge is -2.16. The van der Waals surface area contributed by atoms with Crippen LogP contribution in [0.3, 0.4) is 0 Å². The van der Waals surface area contributed by atoms with Crippen LogP contribution in [0.1, 0.15) is 10.4 Å². The Kier molecular flexibility index (Phi) is 5.84. The molecule has 0 atom stereocenters. The molecular weight excluding hydrogens is 713 g/mol. The maximum Gasteiger partial charge on any atom is 0.116 e. The van der Waals surface area contributed by atoms with E-state index >= 15 is 0 Å². The Hall–Kier alpha value is -2.69. The summed E-state index contributed by atoms with van der Waals surface area (Å²) < 4.78 is 19.1. The van der Waals surface area contributed by atoms with Gasteiger partial charge in [-0.05, 0) is 64.4 Å². The number of benzene rings is 2. The molecule has 0 radical (unpaired) electrons. The van der Waals surface area contributed by atoms with Crippen molar-refractivity contribution >= 4 is 128 Å². The van der Waals surface area contributed by atoms with Crippen molar-refractivity contribution in [1.82, 2.24) is 17.5 Å². The van der Waals surface area contributed by atoms with Crippen LogP contribution in [-0.2, 0) is 0 Å². The van der Waals surface area contributed by atoms with Crippen LogP contribution in [0.2, 0.25) is 26.2 Å². The predicted octanol–water partition coefficient (Wildman–Crippen LogP) is 9.17. The number of hydrogen-bond donors (Lipinski definition) is 0. The van der Waals surface area contributed by atoms with Crippen molar-refractivity contribution in [1.29, 1.82) is 0 Å². The van der Waals surface area contributed by atoms with Gasteiger partial charge in [-0.2, -0.15) is 17.5 Å². The highest BCUT2D eigenvalue weighted by Crippen LogP contribution is 2.48. The number of nitrogens with zero attached hydrogens (tertiary/aromatic N) is 4. The average molecular weight is 739 g/mol. The van der Waals surface area contributed by atoms with Gasteiger partial charge in [0.25, 0.3) is 0 Å². The molecule has 0 aliphatic carbocycles. The van der Waals surface area contributed by atoms with Gasteiger partial charge in [0.1, 0.15) is 38.2 Å². The summed E-state index contributed by atoms with van der Waals surface area (Å²) in [7, 11) is -3.54. The first-order chi connectivity index (χ1) is 22.1. The number of fused-ring (bicyclic) bond motifs is 8. The summed E-state index contributed by atoms with van der Waals surface area (Å²) in [5.74, 6) is 0. The van der Waals surface area contributed by atoms with Crippen molar-refractivity contribution < 1.29 is 0 Å². The second kappa shape index (κ2) is 9.47. The Morgan fingerprint density at radius 3 is 1.30 bits per heavy atom. The highest BCUT2D eigenvalue weighted by atomic mass is 32.1. The van der Waals surface area contributed by atoms with E-state index in [2.05, 4.69) is 92.9 Å². The third-order valence-corrected chi connectivity index (χ3v) is 23.6. The molecule has 226 valence electrons. The Bertz CT molecular complexity index is 2590. The minimum absolute atomic E-state index is 1.03. The molecule has 0 unspecified atom stereocenters. The van der Waals surface area contributed by atoms with E-state index in [0.717, 1.165) is 22.1 Å². The molecule has 0 N–H and O–H groups in total. The molecule has 0 saturated heterocycles. The van der Waals surface area contributed by atoms with Gasteiger partial charge in [-0.15, -0.1) is 45.3 Å². The highest BCUT2D eigenvalue weighted by molar-refractivity contribution is 7.32. The SMILES string of the molecule is Cc1cc2c(s1)-c1sc(-c3ccc(-c4cc5c(s4)-c4sc(-c6ccc(C)c7nsnc67)cc4[Si]5(C)C)c4nsnc34)cc1[Si]2(C)C. The maximum atomic E-state index is 4.91. The third-order valence-electron chi connectivity index (χ3n) is 9.99. The number of rotatable bonds is 3. The van der Waals surface area contributed by atoms with Crippen molar-refractivity contribution in [2.45, 2.75) is 40.0 Å². The minimum Gasteiger partial charge on any atom is -0.173 e. The number of hydrogen-bond acceptors (Lipinski definition) is 10. The summed E-state index contributed by atoms with van der Waals surface area (Å²) in [6.07, 6.45) is 0. The predicted molar refractivity (Wildman–Crippen MR) is 210 cm³/mol. The van der Waals surface area contributed by atoms with E-state index in [1.807, 2.05) is 45.3 Å². The summed E-state index contributed by atoms with van der Waals surface area (Å²) in [5.41, 5.74) is 8.95. The number of aromatic nitrogens is 4. The van der Waals surface area contributed by atoms with Crippen LogP contribution in [0.4, 0.5) is 0 Å². The van der Waals surface area contributed by atoms with Gasteiger partial charge >= 0.3 is 0 Å². The molecule has 0 spiro atoms. The van der Waals surface area contributed by atoms with Gasteiger partial charge in [0.15, 0.2) is 0 Å². The van der Waals surface area contributed by atoms with Gasteiger partial charge in [-0.3, -0.25) is 0 Å². The van der Waals surface area contributed by atoms with Crippen molar-refractivity contribution in [3.8, 4) is 50.8 Å². The van der Waals surface area contributed by atoms with Gasteiger partial charge in [0.2, 0.25) is 0 Å². The van der Waals surface area contributed by atoms with Gasteiger partial charge in [0, 0.05) is 55.7 Å². The van der Waals surface area contributed by atoms with Gasteiger partial charge in [-0.25, -0.2) is 0 Å². The largest absolute Gasteiger partial charge is 0.173 e. The lowest BCUT2D eigenvalue weighted by Crippen LogP contribution is -2.48. The standard InChI is InChI=1S/C34H26N4S6Si2/c1-15-7-8-17(28-27(15)35-43-36-28)20-12-25-33(41-20)34-26(46(25,5)6)14-22(42-34)19-10-9-18(29-30(19)38-44-37-29)21-13-24-32(40-21)31-23(45(24,3)4)11-16(2)39-31/h7-14H,1-6H3. The van der Waals surface area contributed by atoms with Crippen LogP contribution in [0, 0.1) is 13.8 Å². The molecule has 2 aromatic carbocycles. The quantitative estimate of drug-likeness (QED) is 0.170. The molecule has 12 heteroatoms. The molecule has 8 heterocycles. The first-order valence-corrected chi connectivity index (χ1v) is 25.9. The van der Waals surface area contributed by atoms with Crippen LogP contribution >= 0.6 is 68.8 Å². The van der Waals surface area contributed by atoms with Crippen LogP contribution in [0.5, 0.6) is 0 Å². The zero-order chi connectivity index (χ0) is 31.3. The second-order valence-electron chi connectivity index (χ2n) is 13.4. The van der Waals surface area contributed by atoms with Gasteiger partial charge in [0.05, 0.1) is 23.5 Å². The Labute approximate surface area is 292 Å². The summed E-state index contributed by atoms with van der Waals surface area (Å²) in [6.45, 7) is 14.4. The zero-order valence-corrected chi connectivity index (χ0v) is 32.8. The lowest BCUT2D eigenvalue weighted by molar-refractivity contribution is 1.48. The first-order valence-electron chi connectivity index (χ1n) is 15.1. The lowest BCUT2D eigenvalue weighted by atomic mass is 10.1. The summed E-state index contributed by atoms with van der Waals surface area (Å²) in [5, 5.41) is 6.30. The van der Waals surface area contributed by atoms with E-state index in [1.165, 1.54) is 84.7 Å². The molecule has 2 aliphatic heterocycles. The normalized spacial score (nSPS) is 15.5. The molecule has 46 heavy (non-hydrogen) atoms. The Morgan fingerprint density at radius 1 is 0.457 bits per heavy atom. The van der Waals surface area contributed by atoms with Crippen LogP contribution in [-0.4, -0.2) is 33.6 Å². The molecule has 6 aromatic heterocycles. The molecule has 0 fully saturated rings. The fraction of sp³-hybridized carbons (Fsp3) is 0.176. The van der Waals surface area contributed by atoms with E-state index in [4.69, 9.17) is 13.1 Å². The van der Waals surface area contributed by atoms with Crippen LogP contribution in [0.25, 0.3) is 72.9 Å². The van der Waals surface area contributed by atoms with Crippen molar-refractivity contribution in [2.75, 3.05) is 0 Å². The number of aryl methyl sites for hydroxylation is 2.